The van der Waals surface area contributed by atoms with Crippen molar-refractivity contribution < 1.29 is 22.6 Å². The zero-order valence-corrected chi connectivity index (χ0v) is 12.5. The van der Waals surface area contributed by atoms with E-state index in [9.17, 15) is 13.2 Å². The molecule has 0 aromatic carbocycles. The first-order valence-corrected chi connectivity index (χ1v) is 6.94. The Kier molecular flexibility index (Phi) is 5.31. The van der Waals surface area contributed by atoms with Crippen LogP contribution in [-0.4, -0.2) is 40.1 Å². The number of hydrogen-bond acceptors (Lipinski definition) is 5. The Bertz CT molecular complexity index is 485. The van der Waals surface area contributed by atoms with Gasteiger partial charge in [0.15, 0.2) is 0 Å². The van der Waals surface area contributed by atoms with Gasteiger partial charge in [0.05, 0.1) is 24.9 Å². The van der Waals surface area contributed by atoms with Gasteiger partial charge in [0.25, 0.3) is 0 Å². The van der Waals surface area contributed by atoms with Gasteiger partial charge in [-0.25, -0.2) is 4.68 Å². The lowest BCUT2D eigenvalue weighted by Gasteiger charge is -2.34. The lowest BCUT2D eigenvalue weighted by Crippen LogP contribution is -2.37. The van der Waals surface area contributed by atoms with E-state index in [0.29, 0.717) is 25.1 Å². The quantitative estimate of drug-likeness (QED) is 0.910. The average Bonchev–Trinajstić information content (AvgIpc) is 2.82. The van der Waals surface area contributed by atoms with E-state index in [1.165, 1.54) is 0 Å². The maximum Gasteiger partial charge on any atom is 0.522 e. The summed E-state index contributed by atoms with van der Waals surface area (Å²) in [6.07, 6.45) is -1.51. The van der Waals surface area contributed by atoms with Crippen molar-refractivity contribution in [2.45, 2.75) is 56.3 Å². The summed E-state index contributed by atoms with van der Waals surface area (Å²) in [5.74, 6) is 0. The summed E-state index contributed by atoms with van der Waals surface area (Å²) in [4.78, 5) is 0. The molecule has 1 saturated heterocycles. The third-order valence-corrected chi connectivity index (χ3v) is 3.91. The van der Waals surface area contributed by atoms with Crippen LogP contribution in [0.1, 0.15) is 43.5 Å². The second-order valence-corrected chi connectivity index (χ2v) is 5.59. The Morgan fingerprint density at radius 1 is 1.32 bits per heavy atom. The van der Waals surface area contributed by atoms with Crippen molar-refractivity contribution in [2.75, 3.05) is 6.61 Å². The largest absolute Gasteiger partial charge is 0.522 e. The molecular formula is C12H18ClF3N4O2. The fourth-order valence-electron chi connectivity index (χ4n) is 2.66. The van der Waals surface area contributed by atoms with Crippen molar-refractivity contribution in [3.05, 3.63) is 11.9 Å². The maximum absolute atomic E-state index is 12.1. The number of aromatic nitrogens is 3. The Hall–Kier alpha value is -0.900. The van der Waals surface area contributed by atoms with Gasteiger partial charge in [-0.3, -0.25) is 4.74 Å². The number of ether oxygens (including phenoxy) is 2. The highest BCUT2D eigenvalue weighted by Crippen LogP contribution is 2.38. The summed E-state index contributed by atoms with van der Waals surface area (Å²) in [5, 5.41) is 8.03. The minimum absolute atomic E-state index is 0. The Morgan fingerprint density at radius 2 is 2.05 bits per heavy atom. The number of alkyl halides is 3. The first-order valence-electron chi connectivity index (χ1n) is 6.94. The van der Waals surface area contributed by atoms with Crippen molar-refractivity contribution in [1.82, 2.24) is 15.0 Å². The van der Waals surface area contributed by atoms with E-state index in [1.807, 2.05) is 0 Å². The second kappa shape index (κ2) is 6.69. The molecule has 1 aliphatic carbocycles. The van der Waals surface area contributed by atoms with Gasteiger partial charge in [0.1, 0.15) is 11.8 Å². The number of halogens is 4. The van der Waals surface area contributed by atoms with E-state index in [2.05, 4.69) is 15.0 Å². The van der Waals surface area contributed by atoms with Crippen LogP contribution in [0.25, 0.3) is 0 Å². The van der Waals surface area contributed by atoms with Crippen LogP contribution in [0.2, 0.25) is 0 Å². The first-order chi connectivity index (χ1) is 9.90. The molecule has 1 saturated carbocycles. The summed E-state index contributed by atoms with van der Waals surface area (Å²) in [6, 6.07) is -0.0346. The van der Waals surface area contributed by atoms with E-state index in [0.717, 1.165) is 12.8 Å². The van der Waals surface area contributed by atoms with Gasteiger partial charge < -0.3 is 10.5 Å². The van der Waals surface area contributed by atoms with Gasteiger partial charge in [-0.05, 0) is 25.7 Å². The molecule has 6 nitrogen and oxygen atoms in total. The molecule has 2 N–H and O–H groups in total. The summed E-state index contributed by atoms with van der Waals surface area (Å²) in [7, 11) is 0. The van der Waals surface area contributed by atoms with Gasteiger partial charge in [-0.15, -0.1) is 30.7 Å². The standard InChI is InChI=1S/C12H17F3N4O2.ClH/c13-12(14,15)21-9-3-8(4-9)19-5-10(17-18-19)11-2-1-7(16)6-20-11;/h5,7-9,11H,1-4,6,16H2;1H/t7-,8?,9?,11+;/m1./s1. The summed E-state index contributed by atoms with van der Waals surface area (Å²) in [5.41, 5.74) is 6.46. The molecule has 0 amide bonds. The smallest absolute Gasteiger partial charge is 0.370 e. The molecule has 1 aromatic rings. The first kappa shape index (κ1) is 17.5. The van der Waals surface area contributed by atoms with Gasteiger partial charge in [-0.1, -0.05) is 5.21 Å². The molecule has 22 heavy (non-hydrogen) atoms. The molecule has 0 spiro atoms. The van der Waals surface area contributed by atoms with Crippen LogP contribution < -0.4 is 5.73 Å². The Labute approximate surface area is 131 Å². The van der Waals surface area contributed by atoms with Gasteiger partial charge in [0.2, 0.25) is 0 Å². The molecule has 0 radical (unpaired) electrons. The molecule has 1 aliphatic heterocycles. The van der Waals surface area contributed by atoms with Gasteiger partial charge in [-0.2, -0.15) is 0 Å². The van der Waals surface area contributed by atoms with E-state index in [4.69, 9.17) is 10.5 Å². The predicted molar refractivity (Wildman–Crippen MR) is 72.4 cm³/mol. The van der Waals surface area contributed by atoms with Crippen molar-refractivity contribution in [1.29, 1.82) is 0 Å². The highest BCUT2D eigenvalue weighted by molar-refractivity contribution is 5.85. The average molecular weight is 343 g/mol. The number of nitrogens with zero attached hydrogens (tertiary/aromatic N) is 3. The lowest BCUT2D eigenvalue weighted by atomic mass is 9.89. The fourth-order valence-corrected chi connectivity index (χ4v) is 2.66. The van der Waals surface area contributed by atoms with Crippen LogP contribution in [0.15, 0.2) is 6.20 Å². The van der Waals surface area contributed by atoms with E-state index >= 15 is 0 Å². The molecule has 2 fully saturated rings. The second-order valence-electron chi connectivity index (χ2n) is 5.59. The summed E-state index contributed by atoms with van der Waals surface area (Å²) >= 11 is 0. The molecule has 0 unspecified atom stereocenters. The normalized spacial score (nSPS) is 32.2. The maximum atomic E-state index is 12.1. The van der Waals surface area contributed by atoms with Crippen LogP contribution in [0, 0.1) is 0 Å². The van der Waals surface area contributed by atoms with Crippen LogP contribution >= 0.6 is 12.4 Å². The molecule has 2 heterocycles. The van der Waals surface area contributed by atoms with Crippen LogP contribution in [0.4, 0.5) is 13.2 Å². The van der Waals surface area contributed by atoms with Crippen LogP contribution in [0.3, 0.4) is 0 Å². The third kappa shape index (κ3) is 4.09. The number of hydrogen-bond donors (Lipinski definition) is 1. The molecule has 10 heteroatoms. The van der Waals surface area contributed by atoms with Crippen molar-refractivity contribution in [3.8, 4) is 0 Å². The van der Waals surface area contributed by atoms with E-state index in [-0.39, 0.29) is 30.6 Å². The Balaban J connectivity index is 0.00000176. The fraction of sp³-hybridized carbons (Fsp3) is 0.833. The SMILES string of the molecule is Cl.N[C@@H]1CC[C@@H](c2cn(C3CC(OC(F)(F)F)C3)nn2)OC1. The third-order valence-electron chi connectivity index (χ3n) is 3.91. The van der Waals surface area contributed by atoms with Crippen molar-refractivity contribution in [2.24, 2.45) is 5.73 Å². The topological polar surface area (TPSA) is 75.2 Å². The van der Waals surface area contributed by atoms with Crippen LogP contribution in [0.5, 0.6) is 0 Å². The number of nitrogens with two attached hydrogens (primary N) is 1. The lowest BCUT2D eigenvalue weighted by molar-refractivity contribution is -0.353. The monoisotopic (exact) mass is 342 g/mol. The van der Waals surface area contributed by atoms with E-state index < -0.39 is 12.5 Å². The highest BCUT2D eigenvalue weighted by atomic mass is 35.5. The number of rotatable bonds is 3. The molecule has 3 rings (SSSR count). The molecular weight excluding hydrogens is 325 g/mol. The molecule has 2 atom stereocenters. The molecule has 126 valence electrons. The zero-order valence-electron chi connectivity index (χ0n) is 11.7. The summed E-state index contributed by atoms with van der Waals surface area (Å²) in [6.45, 7) is 0.489. The summed E-state index contributed by atoms with van der Waals surface area (Å²) < 4.78 is 47.3. The van der Waals surface area contributed by atoms with Crippen molar-refractivity contribution >= 4 is 12.4 Å². The highest BCUT2D eigenvalue weighted by Gasteiger charge is 2.41. The minimum atomic E-state index is -4.57. The molecule has 2 aliphatic rings. The predicted octanol–water partition coefficient (Wildman–Crippen LogP) is 2.12. The molecule has 0 bridgehead atoms. The minimum Gasteiger partial charge on any atom is -0.370 e. The molecule has 1 aromatic heterocycles. The van der Waals surface area contributed by atoms with Gasteiger partial charge in [0, 0.05) is 6.04 Å². The van der Waals surface area contributed by atoms with Crippen LogP contribution in [-0.2, 0) is 9.47 Å². The van der Waals surface area contributed by atoms with E-state index in [1.54, 1.807) is 10.9 Å². The van der Waals surface area contributed by atoms with Crippen molar-refractivity contribution in [3.63, 3.8) is 0 Å². The van der Waals surface area contributed by atoms with Gasteiger partial charge >= 0.3 is 6.36 Å². The zero-order chi connectivity index (χ0) is 15.0. The Morgan fingerprint density at radius 3 is 2.64 bits per heavy atom.